The number of piperidine rings is 2. The molecule has 0 N–H and O–H groups in total. The van der Waals surface area contributed by atoms with E-state index in [1.165, 1.54) is 12.5 Å². The number of rotatable bonds is 2. The Bertz CT molecular complexity index is 795. The molecule has 176 valence electrons. The van der Waals surface area contributed by atoms with Gasteiger partial charge in [-0.3, -0.25) is 4.79 Å². The monoisotopic (exact) mass is 453 g/mol. The van der Waals surface area contributed by atoms with E-state index < -0.39 is 11.7 Å². The summed E-state index contributed by atoms with van der Waals surface area (Å²) in [5, 5.41) is 0. The number of hydrogen-bond donors (Lipinski definition) is 0. The molecule has 0 aromatic carbocycles. The van der Waals surface area contributed by atoms with E-state index in [0.717, 1.165) is 38.2 Å². The van der Waals surface area contributed by atoms with Gasteiger partial charge >= 0.3 is 12.2 Å². The zero-order valence-electron chi connectivity index (χ0n) is 18.2. The molecule has 32 heavy (non-hydrogen) atoms. The summed E-state index contributed by atoms with van der Waals surface area (Å²) in [6, 6.07) is 2.53. The Morgan fingerprint density at radius 2 is 1.41 bits per heavy atom. The number of alkyl halides is 3. The van der Waals surface area contributed by atoms with Crippen molar-refractivity contribution in [2.45, 2.75) is 38.3 Å². The number of hydrogen-bond acceptors (Lipinski definition) is 4. The first-order valence-corrected chi connectivity index (χ1v) is 11.4. The maximum atomic E-state index is 13.0. The molecule has 0 aliphatic carbocycles. The molecule has 0 bridgehead atoms. The third-order valence-corrected chi connectivity index (χ3v) is 6.73. The molecule has 10 heteroatoms. The molecule has 0 spiro atoms. The van der Waals surface area contributed by atoms with Crippen LogP contribution in [0.15, 0.2) is 18.3 Å². The lowest BCUT2D eigenvalue weighted by atomic mass is 9.95. The summed E-state index contributed by atoms with van der Waals surface area (Å²) in [5.74, 6) is 0.536. The lowest BCUT2D eigenvalue weighted by Crippen LogP contribution is -2.56. The SMILES string of the molecule is O=C(C1CCN(c2ccc(C(F)(F)F)cn2)CC1)N1CCN(C(=O)N2CCCCC2)CC1. The number of carbonyl (C=O) groups excluding carboxylic acids is 2. The maximum Gasteiger partial charge on any atom is 0.417 e. The summed E-state index contributed by atoms with van der Waals surface area (Å²) in [7, 11) is 0. The Balaban J connectivity index is 1.24. The Kier molecular flexibility index (Phi) is 6.76. The minimum Gasteiger partial charge on any atom is -0.357 e. The average molecular weight is 454 g/mol. The van der Waals surface area contributed by atoms with Crippen molar-refractivity contribution >= 4 is 17.8 Å². The first-order chi connectivity index (χ1) is 15.3. The highest BCUT2D eigenvalue weighted by molar-refractivity contribution is 5.80. The molecule has 1 aromatic heterocycles. The molecule has 0 radical (unpaired) electrons. The van der Waals surface area contributed by atoms with E-state index in [9.17, 15) is 22.8 Å². The fourth-order valence-corrected chi connectivity index (χ4v) is 4.76. The van der Waals surface area contributed by atoms with Crippen molar-refractivity contribution in [3.63, 3.8) is 0 Å². The summed E-state index contributed by atoms with van der Waals surface area (Å²) in [4.78, 5) is 37.2. The van der Waals surface area contributed by atoms with Gasteiger partial charge in [0.1, 0.15) is 5.82 Å². The number of nitrogens with zero attached hydrogens (tertiary/aromatic N) is 5. The van der Waals surface area contributed by atoms with Gasteiger partial charge in [0, 0.05) is 64.5 Å². The fourth-order valence-electron chi connectivity index (χ4n) is 4.76. The lowest BCUT2D eigenvalue weighted by Gasteiger charge is -2.40. The van der Waals surface area contributed by atoms with Gasteiger partial charge in [-0.25, -0.2) is 9.78 Å². The molecule has 3 fully saturated rings. The Labute approximate surface area is 186 Å². The first-order valence-electron chi connectivity index (χ1n) is 11.4. The van der Waals surface area contributed by atoms with Gasteiger partial charge in [0.2, 0.25) is 5.91 Å². The normalized spacial score (nSPS) is 21.1. The second-order valence-electron chi connectivity index (χ2n) is 8.81. The number of likely N-dealkylation sites (tertiary alicyclic amines) is 1. The predicted octanol–water partition coefficient (Wildman–Crippen LogP) is 3.07. The molecular weight excluding hydrogens is 423 g/mol. The van der Waals surface area contributed by atoms with E-state index in [1.807, 2.05) is 19.6 Å². The van der Waals surface area contributed by atoms with E-state index in [4.69, 9.17) is 0 Å². The number of amides is 3. The number of aromatic nitrogens is 1. The van der Waals surface area contributed by atoms with Crippen LogP contribution >= 0.6 is 0 Å². The van der Waals surface area contributed by atoms with Gasteiger partial charge in [0.15, 0.2) is 0 Å². The molecule has 4 rings (SSSR count). The molecule has 7 nitrogen and oxygen atoms in total. The number of halogens is 3. The zero-order chi connectivity index (χ0) is 22.7. The number of urea groups is 1. The molecule has 3 aliphatic rings. The van der Waals surface area contributed by atoms with Gasteiger partial charge in [-0.2, -0.15) is 13.2 Å². The van der Waals surface area contributed by atoms with Crippen LogP contribution in [0.4, 0.5) is 23.8 Å². The number of carbonyl (C=O) groups is 2. The van der Waals surface area contributed by atoms with Crippen LogP contribution in [0.5, 0.6) is 0 Å². The minimum absolute atomic E-state index is 0.0918. The van der Waals surface area contributed by atoms with Crippen LogP contribution in [-0.2, 0) is 11.0 Å². The van der Waals surface area contributed by atoms with Crippen LogP contribution in [0.3, 0.4) is 0 Å². The first kappa shape index (κ1) is 22.7. The third kappa shape index (κ3) is 5.10. The maximum absolute atomic E-state index is 13.0. The van der Waals surface area contributed by atoms with Crippen molar-refractivity contribution in [1.82, 2.24) is 19.7 Å². The summed E-state index contributed by atoms with van der Waals surface area (Å²) in [5.41, 5.74) is -0.760. The smallest absolute Gasteiger partial charge is 0.357 e. The van der Waals surface area contributed by atoms with Crippen molar-refractivity contribution in [3.8, 4) is 0 Å². The van der Waals surface area contributed by atoms with Crippen molar-refractivity contribution in [3.05, 3.63) is 23.9 Å². The van der Waals surface area contributed by atoms with Gasteiger partial charge < -0.3 is 19.6 Å². The van der Waals surface area contributed by atoms with E-state index in [2.05, 4.69) is 4.98 Å². The van der Waals surface area contributed by atoms with E-state index >= 15 is 0 Å². The fraction of sp³-hybridized carbons (Fsp3) is 0.682. The average Bonchev–Trinajstić information content (AvgIpc) is 2.83. The highest BCUT2D eigenvalue weighted by atomic mass is 19.4. The largest absolute Gasteiger partial charge is 0.417 e. The van der Waals surface area contributed by atoms with Gasteiger partial charge in [0.05, 0.1) is 5.56 Å². The number of piperazine rings is 1. The highest BCUT2D eigenvalue weighted by Gasteiger charge is 2.34. The molecule has 3 aliphatic heterocycles. The summed E-state index contributed by atoms with van der Waals surface area (Å²) >= 11 is 0. The molecule has 3 amide bonds. The van der Waals surface area contributed by atoms with Crippen LogP contribution < -0.4 is 4.90 Å². The second-order valence-corrected chi connectivity index (χ2v) is 8.81. The van der Waals surface area contributed by atoms with Crippen LogP contribution in [0.2, 0.25) is 0 Å². The summed E-state index contributed by atoms with van der Waals surface area (Å²) in [6.45, 7) is 5.06. The molecular formula is C22H30F3N5O2. The summed E-state index contributed by atoms with van der Waals surface area (Å²) in [6.07, 6.45) is 1.06. The Morgan fingerprint density at radius 1 is 0.812 bits per heavy atom. The second kappa shape index (κ2) is 9.54. The molecule has 0 atom stereocenters. The topological polar surface area (TPSA) is 60.0 Å². The minimum atomic E-state index is -4.40. The van der Waals surface area contributed by atoms with Crippen molar-refractivity contribution < 1.29 is 22.8 Å². The molecule has 4 heterocycles. The molecule has 0 saturated carbocycles. The standard InChI is InChI=1S/C22H30F3N5O2/c23-22(24,25)18-4-5-19(26-16-18)27-10-6-17(7-11-27)20(31)28-12-14-30(15-13-28)21(32)29-8-2-1-3-9-29/h4-5,16-17H,1-3,6-15H2. The Hall–Kier alpha value is -2.52. The number of pyridine rings is 1. The number of anilines is 1. The zero-order valence-corrected chi connectivity index (χ0v) is 18.2. The van der Waals surface area contributed by atoms with E-state index in [1.54, 1.807) is 0 Å². The van der Waals surface area contributed by atoms with Crippen LogP contribution in [0, 0.1) is 5.92 Å². The van der Waals surface area contributed by atoms with Gasteiger partial charge in [0.25, 0.3) is 0 Å². The van der Waals surface area contributed by atoms with E-state index in [-0.39, 0.29) is 17.9 Å². The molecule has 0 unspecified atom stereocenters. The predicted molar refractivity (Wildman–Crippen MR) is 113 cm³/mol. The van der Waals surface area contributed by atoms with Gasteiger partial charge in [-0.05, 0) is 44.2 Å². The lowest BCUT2D eigenvalue weighted by molar-refractivity contribution is -0.138. The van der Waals surface area contributed by atoms with Crippen molar-refractivity contribution in [2.75, 3.05) is 57.3 Å². The van der Waals surface area contributed by atoms with E-state index in [0.29, 0.717) is 57.9 Å². The van der Waals surface area contributed by atoms with Crippen molar-refractivity contribution in [2.24, 2.45) is 5.92 Å². The van der Waals surface area contributed by atoms with Crippen LogP contribution in [0.1, 0.15) is 37.7 Å². The van der Waals surface area contributed by atoms with Crippen LogP contribution in [-0.4, -0.2) is 84.0 Å². The van der Waals surface area contributed by atoms with Crippen LogP contribution in [0.25, 0.3) is 0 Å². The molecule has 3 saturated heterocycles. The molecule has 1 aromatic rings. The van der Waals surface area contributed by atoms with Gasteiger partial charge in [-0.15, -0.1) is 0 Å². The van der Waals surface area contributed by atoms with Crippen molar-refractivity contribution in [1.29, 1.82) is 0 Å². The van der Waals surface area contributed by atoms with Gasteiger partial charge in [-0.1, -0.05) is 0 Å². The third-order valence-electron chi connectivity index (χ3n) is 6.73. The summed E-state index contributed by atoms with van der Waals surface area (Å²) < 4.78 is 38.2. The highest BCUT2D eigenvalue weighted by Crippen LogP contribution is 2.30. The quantitative estimate of drug-likeness (QED) is 0.691. The Morgan fingerprint density at radius 3 is 1.97 bits per heavy atom.